The lowest BCUT2D eigenvalue weighted by Crippen LogP contribution is -2.52. The molecule has 0 spiro atoms. The number of likely N-dealkylation sites (tertiary alicyclic amines) is 1. The fourth-order valence-corrected chi connectivity index (χ4v) is 3.11. The molecule has 3 rings (SSSR count). The molecule has 0 aliphatic carbocycles. The maximum Gasteiger partial charge on any atom is 0.250 e. The lowest BCUT2D eigenvalue weighted by molar-refractivity contribution is -0.135. The Balaban J connectivity index is 1.41. The van der Waals surface area contributed by atoms with Crippen LogP contribution in [0.1, 0.15) is 18.4 Å². The first kappa shape index (κ1) is 16.4. The summed E-state index contributed by atoms with van der Waals surface area (Å²) in [6, 6.07) is 6.88. The smallest absolute Gasteiger partial charge is 0.250 e. The van der Waals surface area contributed by atoms with Gasteiger partial charge >= 0.3 is 0 Å². The number of ether oxygens (including phenoxy) is 1. The summed E-state index contributed by atoms with van der Waals surface area (Å²) in [5, 5.41) is 6.27. The van der Waals surface area contributed by atoms with Crippen LogP contribution in [0.2, 0.25) is 0 Å². The lowest BCUT2D eigenvalue weighted by Gasteiger charge is -2.33. The Morgan fingerprint density at radius 1 is 1.30 bits per heavy atom. The number of amides is 1. The van der Waals surface area contributed by atoms with Gasteiger partial charge in [0.2, 0.25) is 0 Å². The van der Waals surface area contributed by atoms with Crippen LogP contribution in [-0.2, 0) is 16.1 Å². The molecule has 0 bridgehead atoms. The van der Waals surface area contributed by atoms with E-state index >= 15 is 0 Å². The number of nitrogens with zero attached hydrogens (tertiary/aromatic N) is 1. The highest BCUT2D eigenvalue weighted by atomic mass is 19.1. The monoisotopic (exact) mass is 321 g/mol. The predicted molar refractivity (Wildman–Crippen MR) is 85.5 cm³/mol. The Kier molecular flexibility index (Phi) is 5.59. The van der Waals surface area contributed by atoms with Gasteiger partial charge in [-0.05, 0) is 30.5 Å². The number of rotatable bonds is 4. The molecule has 1 atom stereocenters. The van der Waals surface area contributed by atoms with Crippen LogP contribution in [0.15, 0.2) is 24.3 Å². The molecule has 0 radical (unpaired) electrons. The van der Waals surface area contributed by atoms with Crippen LogP contribution in [0.4, 0.5) is 4.39 Å². The summed E-state index contributed by atoms with van der Waals surface area (Å²) in [4.78, 5) is 14.5. The van der Waals surface area contributed by atoms with E-state index in [2.05, 4.69) is 15.5 Å². The molecule has 1 unspecified atom stereocenters. The maximum atomic E-state index is 12.9. The summed E-state index contributed by atoms with van der Waals surface area (Å²) < 4.78 is 18.4. The van der Waals surface area contributed by atoms with Crippen molar-refractivity contribution in [3.63, 3.8) is 0 Å². The van der Waals surface area contributed by atoms with Gasteiger partial charge in [0.1, 0.15) is 11.9 Å². The molecule has 5 nitrogen and oxygen atoms in total. The van der Waals surface area contributed by atoms with Gasteiger partial charge < -0.3 is 15.4 Å². The van der Waals surface area contributed by atoms with Gasteiger partial charge in [-0.2, -0.15) is 0 Å². The van der Waals surface area contributed by atoms with Crippen molar-refractivity contribution in [1.82, 2.24) is 15.5 Å². The second-order valence-electron chi connectivity index (χ2n) is 6.25. The Hall–Kier alpha value is -1.50. The Bertz CT molecular complexity index is 509. The number of morpholine rings is 1. The van der Waals surface area contributed by atoms with Gasteiger partial charge in [0, 0.05) is 38.8 Å². The first-order chi connectivity index (χ1) is 11.2. The van der Waals surface area contributed by atoms with E-state index in [0.717, 1.165) is 44.6 Å². The number of carbonyl (C=O) groups excluding carboxylic acids is 1. The van der Waals surface area contributed by atoms with Gasteiger partial charge in [-0.25, -0.2) is 4.39 Å². The van der Waals surface area contributed by atoms with Crippen LogP contribution in [0.25, 0.3) is 0 Å². The van der Waals surface area contributed by atoms with Gasteiger partial charge in [0.25, 0.3) is 5.91 Å². The van der Waals surface area contributed by atoms with Gasteiger partial charge in [-0.1, -0.05) is 12.1 Å². The zero-order valence-corrected chi connectivity index (χ0v) is 13.3. The molecular formula is C17H24FN3O2. The Labute approximate surface area is 136 Å². The summed E-state index contributed by atoms with van der Waals surface area (Å²) >= 11 is 0. The Morgan fingerprint density at radius 2 is 2.04 bits per heavy atom. The van der Waals surface area contributed by atoms with Crippen LogP contribution in [-0.4, -0.2) is 55.7 Å². The molecule has 0 saturated carbocycles. The lowest BCUT2D eigenvalue weighted by atomic mass is 10.0. The van der Waals surface area contributed by atoms with E-state index in [9.17, 15) is 9.18 Å². The van der Waals surface area contributed by atoms with Crippen molar-refractivity contribution in [1.29, 1.82) is 0 Å². The van der Waals surface area contributed by atoms with Gasteiger partial charge in [-0.3, -0.25) is 9.69 Å². The van der Waals surface area contributed by atoms with E-state index in [1.807, 2.05) is 12.1 Å². The number of benzene rings is 1. The second-order valence-corrected chi connectivity index (χ2v) is 6.25. The SMILES string of the molecule is O=C(NC1CCN(Cc2ccc(F)cc2)CC1)C1CNCCO1. The topological polar surface area (TPSA) is 53.6 Å². The molecule has 1 amide bonds. The fraction of sp³-hybridized carbons (Fsp3) is 0.588. The van der Waals surface area contributed by atoms with Crippen molar-refractivity contribution in [2.45, 2.75) is 31.5 Å². The molecule has 1 aromatic rings. The third-order valence-corrected chi connectivity index (χ3v) is 4.47. The summed E-state index contributed by atoms with van der Waals surface area (Å²) in [7, 11) is 0. The van der Waals surface area contributed by atoms with Crippen molar-refractivity contribution < 1.29 is 13.9 Å². The van der Waals surface area contributed by atoms with Gasteiger partial charge in [0.15, 0.2) is 0 Å². The summed E-state index contributed by atoms with van der Waals surface area (Å²) in [5.74, 6) is -0.205. The zero-order valence-electron chi connectivity index (χ0n) is 13.3. The van der Waals surface area contributed by atoms with E-state index < -0.39 is 0 Å². The number of hydrogen-bond acceptors (Lipinski definition) is 4. The highest BCUT2D eigenvalue weighted by Gasteiger charge is 2.26. The van der Waals surface area contributed by atoms with E-state index in [0.29, 0.717) is 13.2 Å². The molecule has 2 fully saturated rings. The second kappa shape index (κ2) is 7.86. The normalized spacial score (nSPS) is 23.6. The largest absolute Gasteiger partial charge is 0.366 e. The van der Waals surface area contributed by atoms with Gasteiger partial charge in [-0.15, -0.1) is 0 Å². The minimum atomic E-state index is -0.360. The zero-order chi connectivity index (χ0) is 16.1. The molecule has 2 N–H and O–H groups in total. The van der Waals surface area contributed by atoms with Crippen LogP contribution in [0, 0.1) is 5.82 Å². The summed E-state index contributed by atoms with van der Waals surface area (Å²) in [6.07, 6.45) is 1.51. The summed E-state index contributed by atoms with van der Waals surface area (Å²) in [5.41, 5.74) is 1.12. The van der Waals surface area contributed by atoms with Crippen LogP contribution in [0.3, 0.4) is 0 Å². The molecule has 23 heavy (non-hydrogen) atoms. The van der Waals surface area contributed by atoms with Crippen molar-refractivity contribution in [2.75, 3.05) is 32.8 Å². The van der Waals surface area contributed by atoms with Crippen molar-refractivity contribution in [3.05, 3.63) is 35.6 Å². The molecule has 126 valence electrons. The highest BCUT2D eigenvalue weighted by Crippen LogP contribution is 2.14. The number of nitrogens with one attached hydrogen (secondary N) is 2. The quantitative estimate of drug-likeness (QED) is 0.865. The standard InChI is InChI=1S/C17H24FN3O2/c18-14-3-1-13(2-4-14)12-21-8-5-15(6-9-21)20-17(22)16-11-19-7-10-23-16/h1-4,15-16,19H,5-12H2,(H,20,22). The van der Waals surface area contributed by atoms with Crippen LogP contribution < -0.4 is 10.6 Å². The minimum absolute atomic E-state index is 0.00538. The molecule has 1 aromatic carbocycles. The molecule has 2 aliphatic heterocycles. The molecular weight excluding hydrogens is 297 g/mol. The highest BCUT2D eigenvalue weighted by molar-refractivity contribution is 5.81. The van der Waals surface area contributed by atoms with Crippen molar-refractivity contribution in [3.8, 4) is 0 Å². The molecule has 2 saturated heterocycles. The maximum absolute atomic E-state index is 12.9. The van der Waals surface area contributed by atoms with Crippen molar-refractivity contribution in [2.24, 2.45) is 0 Å². The molecule has 6 heteroatoms. The van der Waals surface area contributed by atoms with Crippen LogP contribution >= 0.6 is 0 Å². The average Bonchev–Trinajstić information content (AvgIpc) is 2.59. The minimum Gasteiger partial charge on any atom is -0.366 e. The third kappa shape index (κ3) is 4.73. The first-order valence-electron chi connectivity index (χ1n) is 8.30. The predicted octanol–water partition coefficient (Wildman–Crippen LogP) is 0.895. The fourth-order valence-electron chi connectivity index (χ4n) is 3.11. The van der Waals surface area contributed by atoms with Gasteiger partial charge in [0.05, 0.1) is 6.61 Å². The van der Waals surface area contributed by atoms with Crippen molar-refractivity contribution >= 4 is 5.91 Å². The average molecular weight is 321 g/mol. The van der Waals surface area contributed by atoms with E-state index in [-0.39, 0.29) is 23.9 Å². The Morgan fingerprint density at radius 3 is 2.70 bits per heavy atom. The first-order valence-corrected chi connectivity index (χ1v) is 8.30. The number of hydrogen-bond donors (Lipinski definition) is 2. The summed E-state index contributed by atoms with van der Waals surface area (Å²) in [6.45, 7) is 4.70. The molecule has 2 heterocycles. The molecule has 2 aliphatic rings. The van der Waals surface area contributed by atoms with E-state index in [1.165, 1.54) is 12.1 Å². The van der Waals surface area contributed by atoms with Crippen LogP contribution in [0.5, 0.6) is 0 Å². The van der Waals surface area contributed by atoms with E-state index in [1.54, 1.807) is 0 Å². The third-order valence-electron chi connectivity index (χ3n) is 4.47. The molecule has 0 aromatic heterocycles. The van der Waals surface area contributed by atoms with E-state index in [4.69, 9.17) is 4.74 Å². The number of carbonyl (C=O) groups is 1. The number of piperidine rings is 1. The number of halogens is 1.